The number of carbonyl (C=O) groups excluding carboxylic acids is 1. The summed E-state index contributed by atoms with van der Waals surface area (Å²) in [5, 5.41) is 14.8. The van der Waals surface area contributed by atoms with E-state index in [1.54, 1.807) is 24.3 Å². The zero-order chi connectivity index (χ0) is 19.1. The van der Waals surface area contributed by atoms with Crippen LogP contribution in [0.25, 0.3) is 0 Å². The van der Waals surface area contributed by atoms with Gasteiger partial charge >= 0.3 is 12.0 Å². The molecule has 3 rings (SSSR count). The molecule has 1 saturated heterocycles. The second-order valence-electron chi connectivity index (χ2n) is 6.87. The second kappa shape index (κ2) is 9.19. The standard InChI is InChI=1S/C21H25N3O3/c25-20(26)18-8-6-16(7-9-18)14-22-21(27)23-19-10-12-24(13-11-19)15-17-4-2-1-3-5-17/h1-9,19H,10-15H2,(H,25,26)(H2,22,23,27). The van der Waals surface area contributed by atoms with E-state index in [0.717, 1.165) is 38.0 Å². The van der Waals surface area contributed by atoms with E-state index >= 15 is 0 Å². The van der Waals surface area contributed by atoms with Gasteiger partial charge in [0.2, 0.25) is 0 Å². The summed E-state index contributed by atoms with van der Waals surface area (Å²) >= 11 is 0. The van der Waals surface area contributed by atoms with Gasteiger partial charge < -0.3 is 15.7 Å². The van der Waals surface area contributed by atoms with Crippen LogP contribution in [0.5, 0.6) is 0 Å². The third-order valence-electron chi connectivity index (χ3n) is 4.83. The summed E-state index contributed by atoms with van der Waals surface area (Å²) in [5.41, 5.74) is 2.42. The van der Waals surface area contributed by atoms with Gasteiger partial charge in [-0.15, -0.1) is 0 Å². The minimum atomic E-state index is -0.953. The van der Waals surface area contributed by atoms with Crippen LogP contribution in [0, 0.1) is 0 Å². The van der Waals surface area contributed by atoms with Crippen molar-refractivity contribution in [2.75, 3.05) is 13.1 Å². The molecule has 2 amide bonds. The second-order valence-corrected chi connectivity index (χ2v) is 6.87. The number of piperidine rings is 1. The van der Waals surface area contributed by atoms with Crippen LogP contribution in [0.1, 0.15) is 34.3 Å². The maximum absolute atomic E-state index is 12.1. The Morgan fingerprint density at radius 3 is 2.26 bits per heavy atom. The summed E-state index contributed by atoms with van der Waals surface area (Å²) in [6.45, 7) is 3.26. The van der Waals surface area contributed by atoms with Gasteiger partial charge in [0.25, 0.3) is 0 Å². The zero-order valence-corrected chi connectivity index (χ0v) is 15.2. The summed E-state index contributed by atoms with van der Waals surface area (Å²) in [6.07, 6.45) is 1.88. The van der Waals surface area contributed by atoms with E-state index in [1.165, 1.54) is 5.56 Å². The lowest BCUT2D eigenvalue weighted by atomic mass is 10.0. The van der Waals surface area contributed by atoms with Crippen molar-refractivity contribution in [1.29, 1.82) is 0 Å². The summed E-state index contributed by atoms with van der Waals surface area (Å²) in [5.74, 6) is -0.953. The average Bonchev–Trinajstić information content (AvgIpc) is 2.69. The van der Waals surface area contributed by atoms with E-state index in [2.05, 4.69) is 39.8 Å². The van der Waals surface area contributed by atoms with Crippen molar-refractivity contribution < 1.29 is 14.7 Å². The van der Waals surface area contributed by atoms with Crippen molar-refractivity contribution in [2.45, 2.75) is 32.0 Å². The van der Waals surface area contributed by atoms with Crippen LogP contribution in [0.4, 0.5) is 4.79 Å². The van der Waals surface area contributed by atoms with Gasteiger partial charge in [0.05, 0.1) is 5.56 Å². The molecule has 1 heterocycles. The van der Waals surface area contributed by atoms with Gasteiger partial charge in [-0.2, -0.15) is 0 Å². The summed E-state index contributed by atoms with van der Waals surface area (Å²) in [7, 11) is 0. The van der Waals surface area contributed by atoms with Crippen LogP contribution in [0.2, 0.25) is 0 Å². The topological polar surface area (TPSA) is 81.7 Å². The van der Waals surface area contributed by atoms with Gasteiger partial charge in [-0.05, 0) is 36.1 Å². The molecule has 0 aromatic heterocycles. The molecule has 1 fully saturated rings. The molecule has 0 unspecified atom stereocenters. The molecule has 1 aliphatic heterocycles. The Bertz CT molecular complexity index is 754. The monoisotopic (exact) mass is 367 g/mol. The number of benzene rings is 2. The van der Waals surface area contributed by atoms with Crippen molar-refractivity contribution in [1.82, 2.24) is 15.5 Å². The average molecular weight is 367 g/mol. The molecule has 1 aliphatic rings. The highest BCUT2D eigenvalue weighted by molar-refractivity contribution is 5.87. The Kier molecular flexibility index (Phi) is 6.44. The number of nitrogens with one attached hydrogen (secondary N) is 2. The minimum Gasteiger partial charge on any atom is -0.478 e. The number of rotatable bonds is 6. The van der Waals surface area contributed by atoms with E-state index in [9.17, 15) is 9.59 Å². The van der Waals surface area contributed by atoms with Crippen molar-refractivity contribution in [3.05, 3.63) is 71.3 Å². The molecule has 0 radical (unpaired) electrons. The van der Waals surface area contributed by atoms with Gasteiger partial charge in [-0.3, -0.25) is 4.90 Å². The molecule has 27 heavy (non-hydrogen) atoms. The number of hydrogen-bond donors (Lipinski definition) is 3. The highest BCUT2D eigenvalue weighted by Gasteiger charge is 2.20. The molecule has 6 nitrogen and oxygen atoms in total. The Morgan fingerprint density at radius 1 is 0.963 bits per heavy atom. The van der Waals surface area contributed by atoms with Gasteiger partial charge in [0.15, 0.2) is 0 Å². The van der Waals surface area contributed by atoms with Gasteiger partial charge in [0.1, 0.15) is 0 Å². The normalized spacial score (nSPS) is 15.3. The number of hydrogen-bond acceptors (Lipinski definition) is 3. The predicted molar refractivity (Wildman–Crippen MR) is 104 cm³/mol. The van der Waals surface area contributed by atoms with Crippen LogP contribution < -0.4 is 10.6 Å². The van der Waals surface area contributed by atoms with Crippen LogP contribution >= 0.6 is 0 Å². The van der Waals surface area contributed by atoms with E-state index in [0.29, 0.717) is 6.54 Å². The first kappa shape index (κ1) is 18.9. The van der Waals surface area contributed by atoms with E-state index in [-0.39, 0.29) is 17.6 Å². The van der Waals surface area contributed by atoms with Crippen molar-refractivity contribution in [2.24, 2.45) is 0 Å². The molecule has 0 bridgehead atoms. The molecular weight excluding hydrogens is 342 g/mol. The minimum absolute atomic E-state index is 0.182. The van der Waals surface area contributed by atoms with Crippen LogP contribution in [0.15, 0.2) is 54.6 Å². The quantitative estimate of drug-likeness (QED) is 0.733. The number of carboxylic acids is 1. The number of aromatic carboxylic acids is 1. The fraction of sp³-hybridized carbons (Fsp3) is 0.333. The number of nitrogens with zero attached hydrogens (tertiary/aromatic N) is 1. The number of carboxylic acid groups (broad SMARTS) is 1. The van der Waals surface area contributed by atoms with Crippen LogP contribution in [-0.4, -0.2) is 41.1 Å². The zero-order valence-electron chi connectivity index (χ0n) is 15.2. The molecule has 0 saturated carbocycles. The van der Waals surface area contributed by atoms with E-state index < -0.39 is 5.97 Å². The van der Waals surface area contributed by atoms with Crippen molar-refractivity contribution >= 4 is 12.0 Å². The molecule has 0 spiro atoms. The number of carbonyl (C=O) groups is 2. The SMILES string of the molecule is O=C(NCc1ccc(C(=O)O)cc1)NC1CCN(Cc2ccccc2)CC1. The molecule has 2 aromatic carbocycles. The molecular formula is C21H25N3O3. The largest absolute Gasteiger partial charge is 0.478 e. The van der Waals surface area contributed by atoms with Gasteiger partial charge in [-0.25, -0.2) is 9.59 Å². The first-order valence-electron chi connectivity index (χ1n) is 9.23. The fourth-order valence-electron chi connectivity index (χ4n) is 3.26. The predicted octanol–water partition coefficient (Wildman–Crippen LogP) is 2.85. The lowest BCUT2D eigenvalue weighted by Crippen LogP contribution is -2.47. The Hall–Kier alpha value is -2.86. The van der Waals surface area contributed by atoms with Gasteiger partial charge in [0, 0.05) is 32.2 Å². The fourth-order valence-corrected chi connectivity index (χ4v) is 3.26. The Balaban J connectivity index is 1.37. The molecule has 3 N–H and O–H groups in total. The van der Waals surface area contributed by atoms with E-state index in [4.69, 9.17) is 5.11 Å². The highest BCUT2D eigenvalue weighted by atomic mass is 16.4. The molecule has 6 heteroatoms. The summed E-state index contributed by atoms with van der Waals surface area (Å²) in [6, 6.07) is 16.9. The number of likely N-dealkylation sites (tertiary alicyclic amines) is 1. The summed E-state index contributed by atoms with van der Waals surface area (Å²) < 4.78 is 0. The van der Waals surface area contributed by atoms with Crippen LogP contribution in [0.3, 0.4) is 0 Å². The molecule has 142 valence electrons. The summed E-state index contributed by atoms with van der Waals surface area (Å²) in [4.78, 5) is 25.4. The lowest BCUT2D eigenvalue weighted by molar-refractivity contribution is 0.0697. The van der Waals surface area contributed by atoms with Crippen molar-refractivity contribution in [3.63, 3.8) is 0 Å². The molecule has 2 aromatic rings. The molecule has 0 aliphatic carbocycles. The van der Waals surface area contributed by atoms with Crippen molar-refractivity contribution in [3.8, 4) is 0 Å². The Morgan fingerprint density at radius 2 is 1.63 bits per heavy atom. The highest BCUT2D eigenvalue weighted by Crippen LogP contribution is 2.14. The Labute approximate surface area is 159 Å². The van der Waals surface area contributed by atoms with E-state index in [1.807, 2.05) is 6.07 Å². The number of amides is 2. The first-order valence-corrected chi connectivity index (χ1v) is 9.23. The third-order valence-corrected chi connectivity index (χ3v) is 4.83. The van der Waals surface area contributed by atoms with Crippen LogP contribution in [-0.2, 0) is 13.1 Å². The first-order chi connectivity index (χ1) is 13.1. The lowest BCUT2D eigenvalue weighted by Gasteiger charge is -2.32. The smallest absolute Gasteiger partial charge is 0.335 e. The maximum atomic E-state index is 12.1. The number of urea groups is 1. The van der Waals surface area contributed by atoms with Gasteiger partial charge in [-0.1, -0.05) is 42.5 Å². The maximum Gasteiger partial charge on any atom is 0.335 e. The molecule has 0 atom stereocenters. The third kappa shape index (κ3) is 5.82.